The molecule has 1 heterocycles. The van der Waals surface area contributed by atoms with E-state index in [-0.39, 0.29) is 11.9 Å². The van der Waals surface area contributed by atoms with E-state index in [0.29, 0.717) is 5.56 Å². The van der Waals surface area contributed by atoms with Crippen molar-refractivity contribution in [3.63, 3.8) is 0 Å². The van der Waals surface area contributed by atoms with Gasteiger partial charge in [0, 0.05) is 22.9 Å². The van der Waals surface area contributed by atoms with Gasteiger partial charge in [0.15, 0.2) is 0 Å². The molecule has 3 aromatic rings. The molecule has 2 aromatic carbocycles. The van der Waals surface area contributed by atoms with E-state index in [1.807, 2.05) is 43.4 Å². The molecule has 1 atom stereocenters. The molecule has 1 aromatic heterocycles. The molecule has 0 aliphatic carbocycles. The van der Waals surface area contributed by atoms with Crippen LogP contribution in [0.1, 0.15) is 29.9 Å². The van der Waals surface area contributed by atoms with Crippen LogP contribution in [0.2, 0.25) is 0 Å². The van der Waals surface area contributed by atoms with Gasteiger partial charge in [-0.1, -0.05) is 43.3 Å². The van der Waals surface area contributed by atoms with E-state index in [9.17, 15) is 4.39 Å². The van der Waals surface area contributed by atoms with Gasteiger partial charge in [-0.3, -0.25) is 0 Å². The fraction of sp³-hybridized carbons (Fsp3) is 0.222. The van der Waals surface area contributed by atoms with Gasteiger partial charge in [0.2, 0.25) is 0 Å². The summed E-state index contributed by atoms with van der Waals surface area (Å²) in [5.74, 6) is 0.697. The van der Waals surface area contributed by atoms with Gasteiger partial charge in [-0.25, -0.2) is 4.39 Å². The highest BCUT2D eigenvalue weighted by molar-refractivity contribution is 5.83. The summed E-state index contributed by atoms with van der Waals surface area (Å²) in [7, 11) is 1.85. The van der Waals surface area contributed by atoms with Crippen molar-refractivity contribution in [2.75, 3.05) is 7.05 Å². The van der Waals surface area contributed by atoms with Crippen molar-refractivity contribution in [3.8, 4) is 0 Å². The average Bonchev–Trinajstić information content (AvgIpc) is 2.89. The number of hydrogen-bond acceptors (Lipinski definition) is 2. The summed E-state index contributed by atoms with van der Waals surface area (Å²) >= 11 is 0. The molecular formula is C18H18FNO. The standard InChI is InChI=1S/C18H18FNO/c1-3-15-17(13-9-5-7-11-16(13)21-15)18(20-2)12-8-4-6-10-14(12)19/h4-11,18,20H,3H2,1-2H3. The summed E-state index contributed by atoms with van der Waals surface area (Å²) in [5.41, 5.74) is 2.52. The largest absolute Gasteiger partial charge is 0.461 e. The second kappa shape index (κ2) is 5.70. The lowest BCUT2D eigenvalue weighted by Gasteiger charge is -2.18. The molecule has 21 heavy (non-hydrogen) atoms. The van der Waals surface area contributed by atoms with Crippen molar-refractivity contribution in [2.24, 2.45) is 0 Å². The Bertz CT molecular complexity index is 763. The van der Waals surface area contributed by atoms with Crippen LogP contribution in [0.3, 0.4) is 0 Å². The highest BCUT2D eigenvalue weighted by Crippen LogP contribution is 2.35. The number of fused-ring (bicyclic) bond motifs is 1. The molecule has 0 fully saturated rings. The Labute approximate surface area is 123 Å². The minimum absolute atomic E-state index is 0.204. The molecule has 3 heteroatoms. The predicted molar refractivity (Wildman–Crippen MR) is 82.9 cm³/mol. The van der Waals surface area contributed by atoms with Crippen molar-refractivity contribution in [1.82, 2.24) is 5.32 Å². The van der Waals surface area contributed by atoms with Crippen LogP contribution in [0.15, 0.2) is 52.9 Å². The van der Waals surface area contributed by atoms with Crippen LogP contribution < -0.4 is 5.32 Å². The lowest BCUT2D eigenvalue weighted by molar-refractivity contribution is 0.530. The number of benzene rings is 2. The maximum Gasteiger partial charge on any atom is 0.134 e. The minimum Gasteiger partial charge on any atom is -0.461 e. The predicted octanol–water partition coefficient (Wildman–Crippen LogP) is 4.44. The molecule has 3 rings (SSSR count). The average molecular weight is 283 g/mol. The van der Waals surface area contributed by atoms with E-state index in [1.165, 1.54) is 6.07 Å². The molecule has 108 valence electrons. The van der Waals surface area contributed by atoms with Gasteiger partial charge < -0.3 is 9.73 Å². The van der Waals surface area contributed by atoms with E-state index in [0.717, 1.165) is 28.7 Å². The zero-order valence-corrected chi connectivity index (χ0v) is 12.2. The molecule has 1 unspecified atom stereocenters. The summed E-state index contributed by atoms with van der Waals surface area (Å²) in [6, 6.07) is 14.6. The van der Waals surface area contributed by atoms with Gasteiger partial charge >= 0.3 is 0 Å². The van der Waals surface area contributed by atoms with Crippen molar-refractivity contribution < 1.29 is 8.81 Å². The van der Waals surface area contributed by atoms with E-state index < -0.39 is 0 Å². The Morgan fingerprint density at radius 2 is 1.81 bits per heavy atom. The van der Waals surface area contributed by atoms with E-state index in [4.69, 9.17) is 4.42 Å². The first-order valence-electron chi connectivity index (χ1n) is 7.18. The molecule has 0 aliphatic rings. The Hall–Kier alpha value is -2.13. The molecule has 0 bridgehead atoms. The first-order valence-corrected chi connectivity index (χ1v) is 7.18. The quantitative estimate of drug-likeness (QED) is 0.765. The number of furan rings is 1. The lowest BCUT2D eigenvalue weighted by Crippen LogP contribution is -2.19. The number of para-hydroxylation sites is 1. The normalized spacial score (nSPS) is 12.7. The van der Waals surface area contributed by atoms with Crippen LogP contribution in [0, 0.1) is 5.82 Å². The monoisotopic (exact) mass is 283 g/mol. The molecule has 0 amide bonds. The Morgan fingerprint density at radius 1 is 1.10 bits per heavy atom. The smallest absolute Gasteiger partial charge is 0.134 e. The van der Waals surface area contributed by atoms with Crippen LogP contribution in [-0.4, -0.2) is 7.05 Å². The fourth-order valence-electron chi connectivity index (χ4n) is 2.86. The summed E-state index contributed by atoms with van der Waals surface area (Å²) in [4.78, 5) is 0. The van der Waals surface area contributed by atoms with Crippen molar-refractivity contribution >= 4 is 11.0 Å². The number of aryl methyl sites for hydroxylation is 1. The number of rotatable bonds is 4. The number of nitrogens with one attached hydrogen (secondary N) is 1. The van der Waals surface area contributed by atoms with Crippen LogP contribution in [0.25, 0.3) is 11.0 Å². The van der Waals surface area contributed by atoms with Gasteiger partial charge in [-0.2, -0.15) is 0 Å². The van der Waals surface area contributed by atoms with E-state index in [1.54, 1.807) is 6.07 Å². The van der Waals surface area contributed by atoms with Gasteiger partial charge in [-0.05, 0) is 19.2 Å². The van der Waals surface area contributed by atoms with Gasteiger partial charge in [0.1, 0.15) is 17.2 Å². The second-order valence-corrected chi connectivity index (χ2v) is 5.03. The molecule has 0 saturated carbocycles. The molecular weight excluding hydrogens is 265 g/mol. The zero-order valence-electron chi connectivity index (χ0n) is 12.2. The van der Waals surface area contributed by atoms with Gasteiger partial charge in [0.05, 0.1) is 6.04 Å². The van der Waals surface area contributed by atoms with E-state index in [2.05, 4.69) is 12.2 Å². The van der Waals surface area contributed by atoms with Gasteiger partial charge in [-0.15, -0.1) is 0 Å². The van der Waals surface area contributed by atoms with Crippen molar-refractivity contribution in [2.45, 2.75) is 19.4 Å². The van der Waals surface area contributed by atoms with Crippen LogP contribution in [0.5, 0.6) is 0 Å². The summed E-state index contributed by atoms with van der Waals surface area (Å²) < 4.78 is 20.1. The summed E-state index contributed by atoms with van der Waals surface area (Å²) in [6.45, 7) is 2.05. The third-order valence-electron chi connectivity index (χ3n) is 3.83. The molecule has 0 aliphatic heterocycles. The molecule has 1 N–H and O–H groups in total. The van der Waals surface area contributed by atoms with Crippen LogP contribution in [-0.2, 0) is 6.42 Å². The zero-order chi connectivity index (χ0) is 14.8. The van der Waals surface area contributed by atoms with Crippen molar-refractivity contribution in [3.05, 3.63) is 71.2 Å². The highest BCUT2D eigenvalue weighted by atomic mass is 19.1. The molecule has 0 radical (unpaired) electrons. The Kier molecular flexibility index (Phi) is 3.76. The van der Waals surface area contributed by atoms with Crippen molar-refractivity contribution in [1.29, 1.82) is 0 Å². The van der Waals surface area contributed by atoms with E-state index >= 15 is 0 Å². The molecule has 0 saturated heterocycles. The lowest BCUT2D eigenvalue weighted by atomic mass is 9.95. The maximum absolute atomic E-state index is 14.2. The van der Waals surface area contributed by atoms with Crippen LogP contribution >= 0.6 is 0 Å². The Morgan fingerprint density at radius 3 is 2.52 bits per heavy atom. The number of hydrogen-bond donors (Lipinski definition) is 1. The fourth-order valence-corrected chi connectivity index (χ4v) is 2.86. The summed E-state index contributed by atoms with van der Waals surface area (Å²) in [5, 5.41) is 4.27. The second-order valence-electron chi connectivity index (χ2n) is 5.03. The SMILES string of the molecule is CCc1oc2ccccc2c1C(NC)c1ccccc1F. The number of halogens is 1. The molecule has 0 spiro atoms. The topological polar surface area (TPSA) is 25.2 Å². The first-order chi connectivity index (χ1) is 10.3. The first kappa shape index (κ1) is 13.8. The third-order valence-corrected chi connectivity index (χ3v) is 3.83. The highest BCUT2D eigenvalue weighted by Gasteiger charge is 2.23. The van der Waals surface area contributed by atoms with Crippen LogP contribution in [0.4, 0.5) is 4.39 Å². The van der Waals surface area contributed by atoms with Gasteiger partial charge in [0.25, 0.3) is 0 Å². The minimum atomic E-state index is -0.218. The third kappa shape index (κ3) is 2.34. The summed E-state index contributed by atoms with van der Waals surface area (Å²) in [6.07, 6.45) is 0.774. The maximum atomic E-state index is 14.2. The Balaban J connectivity index is 2.24. The molecule has 2 nitrogen and oxygen atoms in total.